The van der Waals surface area contributed by atoms with Gasteiger partial charge in [-0.1, -0.05) is 38.8 Å². The summed E-state index contributed by atoms with van der Waals surface area (Å²) in [5.41, 5.74) is 2.77. The molecule has 1 aromatic carbocycles. The number of hydrogen-bond acceptors (Lipinski definition) is 4. The van der Waals surface area contributed by atoms with Crippen LogP contribution in [0, 0.1) is 5.92 Å². The number of nitrogens with zero attached hydrogens (tertiary/aromatic N) is 3. The molecule has 0 amide bonds. The normalized spacial score (nSPS) is 15.7. The van der Waals surface area contributed by atoms with Crippen molar-refractivity contribution < 1.29 is 4.74 Å². The van der Waals surface area contributed by atoms with Gasteiger partial charge in [0.25, 0.3) is 0 Å². The van der Waals surface area contributed by atoms with Gasteiger partial charge in [0.2, 0.25) is 0 Å². The minimum atomic E-state index is 0.818. The first-order chi connectivity index (χ1) is 13.5. The molecular formula is C24H43N3O. The fraction of sp³-hybridized carbons (Fsp3) is 0.750. The number of unbranched alkanes of at least 4 members (excludes halogenated alkanes) is 2. The van der Waals surface area contributed by atoms with Gasteiger partial charge in [0.15, 0.2) is 0 Å². The van der Waals surface area contributed by atoms with Crippen molar-refractivity contribution in [3.05, 3.63) is 29.8 Å². The summed E-state index contributed by atoms with van der Waals surface area (Å²) in [6, 6.07) is 9.18. The molecule has 1 fully saturated rings. The Kier molecular flexibility index (Phi) is 10.9. The van der Waals surface area contributed by atoms with Crippen LogP contribution in [-0.2, 0) is 11.3 Å². The van der Waals surface area contributed by atoms with Crippen molar-refractivity contribution in [2.75, 3.05) is 64.9 Å². The second kappa shape index (κ2) is 13.2. The van der Waals surface area contributed by atoms with Crippen LogP contribution in [0.4, 0.5) is 5.69 Å². The van der Waals surface area contributed by atoms with Crippen molar-refractivity contribution in [1.29, 1.82) is 0 Å². The second-order valence-electron chi connectivity index (χ2n) is 8.90. The number of benzene rings is 1. The maximum atomic E-state index is 5.77. The zero-order valence-corrected chi connectivity index (χ0v) is 18.8. The summed E-state index contributed by atoms with van der Waals surface area (Å²) in [6.07, 6.45) is 6.21. The number of ether oxygens (including phenoxy) is 1. The van der Waals surface area contributed by atoms with Crippen LogP contribution in [0.3, 0.4) is 0 Å². The summed E-state index contributed by atoms with van der Waals surface area (Å²) in [4.78, 5) is 7.32. The van der Waals surface area contributed by atoms with E-state index in [0.29, 0.717) is 0 Å². The van der Waals surface area contributed by atoms with Gasteiger partial charge in [-0.15, -0.1) is 0 Å². The molecule has 1 aliphatic heterocycles. The van der Waals surface area contributed by atoms with Crippen LogP contribution in [0.5, 0.6) is 0 Å². The zero-order chi connectivity index (χ0) is 20.2. The number of likely N-dealkylation sites (N-methyl/N-ethyl adjacent to an activating group) is 1. The van der Waals surface area contributed by atoms with Crippen molar-refractivity contribution in [2.45, 2.75) is 52.5 Å². The number of hydrogen-bond donors (Lipinski definition) is 0. The van der Waals surface area contributed by atoms with Crippen molar-refractivity contribution in [3.8, 4) is 0 Å². The molecule has 1 saturated heterocycles. The van der Waals surface area contributed by atoms with E-state index >= 15 is 0 Å². The quantitative estimate of drug-likeness (QED) is 0.463. The third-order valence-corrected chi connectivity index (χ3v) is 5.66. The number of rotatable bonds is 13. The van der Waals surface area contributed by atoms with Crippen molar-refractivity contribution in [2.24, 2.45) is 5.92 Å². The maximum absolute atomic E-state index is 5.77. The predicted molar refractivity (Wildman–Crippen MR) is 121 cm³/mol. The Labute approximate surface area is 173 Å². The first-order valence-corrected chi connectivity index (χ1v) is 11.3. The van der Waals surface area contributed by atoms with Gasteiger partial charge in [-0.25, -0.2) is 0 Å². The average Bonchev–Trinajstić information content (AvgIpc) is 2.68. The molecule has 0 radical (unpaired) electrons. The third-order valence-electron chi connectivity index (χ3n) is 5.66. The Balaban J connectivity index is 1.53. The lowest BCUT2D eigenvalue weighted by Crippen LogP contribution is -2.44. The molecule has 28 heavy (non-hydrogen) atoms. The van der Waals surface area contributed by atoms with Crippen LogP contribution in [-0.4, -0.2) is 69.8 Å². The largest absolute Gasteiger partial charge is 0.381 e. The lowest BCUT2D eigenvalue weighted by molar-refractivity contribution is 0.123. The topological polar surface area (TPSA) is 19.0 Å². The molecule has 1 aromatic rings. The molecule has 0 saturated carbocycles. The first-order valence-electron chi connectivity index (χ1n) is 11.3. The van der Waals surface area contributed by atoms with E-state index in [-0.39, 0.29) is 0 Å². The number of piperazine rings is 1. The van der Waals surface area contributed by atoms with Gasteiger partial charge in [0.05, 0.1) is 0 Å². The second-order valence-corrected chi connectivity index (χ2v) is 8.90. The standard InChI is InChI=1S/C24H43N3O/c1-22(2)9-5-7-19-28-20-8-6-14-26(4)21-23-10-12-24(13-11-23)27-17-15-25(3)16-18-27/h10-13,22H,5-9,14-21H2,1-4H3. The average molecular weight is 390 g/mol. The van der Waals surface area contributed by atoms with E-state index in [4.69, 9.17) is 4.74 Å². The van der Waals surface area contributed by atoms with Crippen LogP contribution in [0.15, 0.2) is 24.3 Å². The molecule has 0 atom stereocenters. The minimum Gasteiger partial charge on any atom is -0.381 e. The summed E-state index contributed by atoms with van der Waals surface area (Å²) in [7, 11) is 4.43. The molecular weight excluding hydrogens is 346 g/mol. The van der Waals surface area contributed by atoms with Crippen LogP contribution >= 0.6 is 0 Å². The molecule has 1 heterocycles. The highest BCUT2D eigenvalue weighted by Crippen LogP contribution is 2.17. The maximum Gasteiger partial charge on any atom is 0.0466 e. The van der Waals surface area contributed by atoms with Gasteiger partial charge >= 0.3 is 0 Å². The smallest absolute Gasteiger partial charge is 0.0466 e. The molecule has 4 heteroatoms. The Morgan fingerprint density at radius 2 is 1.57 bits per heavy atom. The van der Waals surface area contributed by atoms with Gasteiger partial charge < -0.3 is 19.4 Å². The van der Waals surface area contributed by atoms with Crippen molar-refractivity contribution >= 4 is 5.69 Å². The van der Waals surface area contributed by atoms with E-state index in [0.717, 1.165) is 64.8 Å². The lowest BCUT2D eigenvalue weighted by Gasteiger charge is -2.34. The van der Waals surface area contributed by atoms with Crippen molar-refractivity contribution in [1.82, 2.24) is 9.80 Å². The Morgan fingerprint density at radius 1 is 0.929 bits per heavy atom. The SMILES string of the molecule is CC(C)CCCCOCCCCN(C)Cc1ccc(N2CCN(C)CC2)cc1. The molecule has 0 bridgehead atoms. The molecule has 0 N–H and O–H groups in total. The van der Waals surface area contributed by atoms with E-state index < -0.39 is 0 Å². The Hall–Kier alpha value is -1.10. The molecule has 2 rings (SSSR count). The summed E-state index contributed by atoms with van der Waals surface area (Å²) >= 11 is 0. The van der Waals surface area contributed by atoms with Crippen LogP contribution in [0.25, 0.3) is 0 Å². The van der Waals surface area contributed by atoms with E-state index in [1.807, 2.05) is 0 Å². The molecule has 1 aliphatic rings. The van der Waals surface area contributed by atoms with E-state index in [2.05, 4.69) is 66.9 Å². The van der Waals surface area contributed by atoms with Crippen LogP contribution in [0.1, 0.15) is 51.5 Å². The summed E-state index contributed by atoms with van der Waals surface area (Å²) in [5, 5.41) is 0. The van der Waals surface area contributed by atoms with E-state index in [1.165, 1.54) is 36.9 Å². The molecule has 0 aromatic heterocycles. The van der Waals surface area contributed by atoms with Gasteiger partial charge in [-0.2, -0.15) is 0 Å². The summed E-state index contributed by atoms with van der Waals surface area (Å²) < 4.78 is 5.77. The minimum absolute atomic E-state index is 0.818. The van der Waals surface area contributed by atoms with Gasteiger partial charge in [0, 0.05) is 51.6 Å². The van der Waals surface area contributed by atoms with Gasteiger partial charge in [-0.05, 0) is 63.5 Å². The Bertz CT molecular complexity index is 509. The molecule has 0 spiro atoms. The summed E-state index contributed by atoms with van der Waals surface area (Å²) in [5.74, 6) is 0.818. The molecule has 0 aliphatic carbocycles. The highest BCUT2D eigenvalue weighted by atomic mass is 16.5. The zero-order valence-electron chi connectivity index (χ0n) is 18.8. The van der Waals surface area contributed by atoms with Crippen LogP contribution in [0.2, 0.25) is 0 Å². The lowest BCUT2D eigenvalue weighted by atomic mass is 10.1. The third kappa shape index (κ3) is 9.40. The molecule has 0 unspecified atom stereocenters. The van der Waals surface area contributed by atoms with E-state index in [9.17, 15) is 0 Å². The number of anilines is 1. The summed E-state index contributed by atoms with van der Waals surface area (Å²) in [6.45, 7) is 13.2. The van der Waals surface area contributed by atoms with Gasteiger partial charge in [-0.3, -0.25) is 0 Å². The Morgan fingerprint density at radius 3 is 2.21 bits per heavy atom. The monoisotopic (exact) mass is 389 g/mol. The van der Waals surface area contributed by atoms with E-state index in [1.54, 1.807) is 0 Å². The fourth-order valence-corrected chi connectivity index (χ4v) is 3.71. The molecule has 160 valence electrons. The molecule has 4 nitrogen and oxygen atoms in total. The first kappa shape index (κ1) is 23.2. The highest BCUT2D eigenvalue weighted by Gasteiger charge is 2.14. The highest BCUT2D eigenvalue weighted by molar-refractivity contribution is 5.48. The van der Waals surface area contributed by atoms with Crippen molar-refractivity contribution in [3.63, 3.8) is 0 Å². The van der Waals surface area contributed by atoms with Crippen LogP contribution < -0.4 is 4.90 Å². The fourth-order valence-electron chi connectivity index (χ4n) is 3.71. The van der Waals surface area contributed by atoms with Gasteiger partial charge in [0.1, 0.15) is 0 Å². The predicted octanol–water partition coefficient (Wildman–Crippen LogP) is 4.49.